The number of carbonyl (C=O) groups excluding carboxylic acids is 1. The molecular formula is C24H29ClN2O2. The number of nitrogens with zero attached hydrogens (tertiary/aromatic N) is 1. The number of hydrogen-bond acceptors (Lipinski definition) is 3. The molecule has 29 heavy (non-hydrogen) atoms. The summed E-state index contributed by atoms with van der Waals surface area (Å²) in [6.45, 7) is 3.93. The van der Waals surface area contributed by atoms with Gasteiger partial charge in [0, 0.05) is 43.3 Å². The van der Waals surface area contributed by atoms with Crippen molar-refractivity contribution in [3.8, 4) is 0 Å². The minimum absolute atomic E-state index is 0.0544. The van der Waals surface area contributed by atoms with Crippen LogP contribution in [0, 0.1) is 0 Å². The number of hydrogen-bond donors (Lipinski definition) is 1. The maximum atomic E-state index is 13.3. The van der Waals surface area contributed by atoms with E-state index in [1.54, 1.807) is 0 Å². The first kappa shape index (κ1) is 20.4. The van der Waals surface area contributed by atoms with Crippen molar-refractivity contribution in [1.29, 1.82) is 0 Å². The molecule has 2 heterocycles. The highest BCUT2D eigenvalue weighted by Gasteiger charge is 2.36. The summed E-state index contributed by atoms with van der Waals surface area (Å²) >= 11 is 6.13. The van der Waals surface area contributed by atoms with Gasteiger partial charge in [0.2, 0.25) is 5.91 Å². The third kappa shape index (κ3) is 4.66. The fourth-order valence-electron chi connectivity index (χ4n) is 4.54. The predicted molar refractivity (Wildman–Crippen MR) is 116 cm³/mol. The topological polar surface area (TPSA) is 41.6 Å². The summed E-state index contributed by atoms with van der Waals surface area (Å²) in [4.78, 5) is 15.3. The maximum absolute atomic E-state index is 13.3. The molecule has 0 radical (unpaired) electrons. The van der Waals surface area contributed by atoms with Crippen LogP contribution in [-0.4, -0.2) is 43.7 Å². The van der Waals surface area contributed by atoms with Gasteiger partial charge in [0.1, 0.15) is 6.04 Å². The van der Waals surface area contributed by atoms with Gasteiger partial charge in [-0.1, -0.05) is 54.1 Å². The van der Waals surface area contributed by atoms with Crippen molar-refractivity contribution in [2.75, 3.05) is 32.8 Å². The number of nitrogens with one attached hydrogen (secondary N) is 1. The summed E-state index contributed by atoms with van der Waals surface area (Å²) in [6.07, 6.45) is 4.06. The largest absolute Gasteiger partial charge is 0.381 e. The van der Waals surface area contributed by atoms with E-state index in [9.17, 15) is 4.79 Å². The third-order valence-corrected chi connectivity index (χ3v) is 6.60. The van der Waals surface area contributed by atoms with Gasteiger partial charge in [0.15, 0.2) is 0 Å². The molecule has 5 heteroatoms. The first-order chi connectivity index (χ1) is 14.2. The summed E-state index contributed by atoms with van der Waals surface area (Å²) < 4.78 is 5.66. The molecule has 2 saturated heterocycles. The highest BCUT2D eigenvalue weighted by molar-refractivity contribution is 6.30. The third-order valence-electron chi connectivity index (χ3n) is 6.35. The van der Waals surface area contributed by atoms with E-state index >= 15 is 0 Å². The van der Waals surface area contributed by atoms with Crippen LogP contribution in [0.3, 0.4) is 0 Å². The molecule has 4 rings (SSSR count). The van der Waals surface area contributed by atoms with Gasteiger partial charge >= 0.3 is 0 Å². The molecule has 0 aliphatic carbocycles. The van der Waals surface area contributed by atoms with E-state index in [4.69, 9.17) is 16.3 Å². The number of likely N-dealkylation sites (tertiary alicyclic amines) is 1. The summed E-state index contributed by atoms with van der Waals surface area (Å²) in [5.41, 5.74) is 2.24. The Bertz CT molecular complexity index is 797. The Labute approximate surface area is 178 Å². The van der Waals surface area contributed by atoms with Crippen LogP contribution < -0.4 is 5.32 Å². The second-order valence-electron chi connectivity index (χ2n) is 8.16. The molecule has 2 aliphatic heterocycles. The van der Waals surface area contributed by atoms with E-state index in [0.717, 1.165) is 69.1 Å². The van der Waals surface area contributed by atoms with Crippen LogP contribution in [-0.2, 0) is 14.9 Å². The first-order valence-corrected chi connectivity index (χ1v) is 11.0. The Morgan fingerprint density at radius 1 is 1.03 bits per heavy atom. The van der Waals surface area contributed by atoms with Gasteiger partial charge in [-0.15, -0.1) is 0 Å². The van der Waals surface area contributed by atoms with E-state index in [-0.39, 0.29) is 17.4 Å². The van der Waals surface area contributed by atoms with Gasteiger partial charge in [-0.2, -0.15) is 0 Å². The summed E-state index contributed by atoms with van der Waals surface area (Å²) in [5.74, 6) is 0.187. The zero-order valence-corrected chi connectivity index (χ0v) is 17.5. The molecule has 1 atom stereocenters. The quantitative estimate of drug-likeness (QED) is 0.767. The molecule has 4 nitrogen and oxygen atoms in total. The maximum Gasteiger partial charge on any atom is 0.244 e. The zero-order valence-electron chi connectivity index (χ0n) is 16.8. The van der Waals surface area contributed by atoms with E-state index in [0.29, 0.717) is 0 Å². The van der Waals surface area contributed by atoms with E-state index in [1.165, 1.54) is 5.56 Å². The van der Waals surface area contributed by atoms with Crippen molar-refractivity contribution in [1.82, 2.24) is 10.2 Å². The van der Waals surface area contributed by atoms with Crippen molar-refractivity contribution in [2.24, 2.45) is 0 Å². The lowest BCUT2D eigenvalue weighted by Crippen LogP contribution is -2.47. The summed E-state index contributed by atoms with van der Waals surface area (Å²) in [6, 6.07) is 17.9. The molecule has 0 saturated carbocycles. The van der Waals surface area contributed by atoms with Crippen molar-refractivity contribution in [2.45, 2.75) is 37.1 Å². The Morgan fingerprint density at radius 3 is 2.34 bits per heavy atom. The number of benzene rings is 2. The van der Waals surface area contributed by atoms with Crippen molar-refractivity contribution < 1.29 is 9.53 Å². The van der Waals surface area contributed by atoms with Crippen LogP contribution in [0.15, 0.2) is 54.6 Å². The highest BCUT2D eigenvalue weighted by Crippen LogP contribution is 2.35. The molecule has 1 unspecified atom stereocenters. The zero-order chi connectivity index (χ0) is 20.1. The van der Waals surface area contributed by atoms with Gasteiger partial charge in [0.05, 0.1) is 0 Å². The van der Waals surface area contributed by atoms with Crippen molar-refractivity contribution >= 4 is 17.5 Å². The number of carbonyl (C=O) groups is 1. The van der Waals surface area contributed by atoms with E-state index in [1.807, 2.05) is 47.4 Å². The van der Waals surface area contributed by atoms with Gasteiger partial charge in [-0.25, -0.2) is 0 Å². The molecule has 0 aromatic heterocycles. The fraction of sp³-hybridized carbons (Fsp3) is 0.458. The smallest absolute Gasteiger partial charge is 0.244 e. The second kappa shape index (κ2) is 9.29. The average Bonchev–Trinajstić information content (AvgIpc) is 3.31. The number of halogens is 1. The molecular weight excluding hydrogens is 384 g/mol. The monoisotopic (exact) mass is 412 g/mol. The van der Waals surface area contributed by atoms with E-state index in [2.05, 4.69) is 17.4 Å². The average molecular weight is 413 g/mol. The second-order valence-corrected chi connectivity index (χ2v) is 8.59. The van der Waals surface area contributed by atoms with Gasteiger partial charge < -0.3 is 15.0 Å². The Hall–Kier alpha value is -1.88. The lowest BCUT2D eigenvalue weighted by Gasteiger charge is -2.39. The van der Waals surface area contributed by atoms with Crippen LogP contribution in [0.25, 0.3) is 0 Å². The molecule has 154 valence electrons. The van der Waals surface area contributed by atoms with E-state index < -0.39 is 0 Å². The SMILES string of the molecule is O=C(C(NCC1(c2ccc(Cl)cc2)CCOCC1)c1ccccc1)N1CCCC1. The molecule has 0 bridgehead atoms. The number of ether oxygens (including phenoxy) is 1. The molecule has 2 fully saturated rings. The molecule has 0 spiro atoms. The highest BCUT2D eigenvalue weighted by atomic mass is 35.5. The van der Waals surface area contributed by atoms with Gasteiger partial charge in [-0.3, -0.25) is 4.79 Å². The minimum Gasteiger partial charge on any atom is -0.381 e. The molecule has 1 N–H and O–H groups in total. The molecule has 2 aliphatic rings. The minimum atomic E-state index is -0.318. The number of rotatable bonds is 6. The van der Waals surface area contributed by atoms with Crippen LogP contribution in [0.4, 0.5) is 0 Å². The van der Waals surface area contributed by atoms with Crippen LogP contribution in [0.1, 0.15) is 42.9 Å². The molecule has 1 amide bonds. The van der Waals surface area contributed by atoms with Crippen LogP contribution >= 0.6 is 11.6 Å². The lowest BCUT2D eigenvalue weighted by molar-refractivity contribution is -0.132. The summed E-state index contributed by atoms with van der Waals surface area (Å²) in [5, 5.41) is 4.40. The van der Waals surface area contributed by atoms with Crippen LogP contribution in [0.2, 0.25) is 5.02 Å². The summed E-state index contributed by atoms with van der Waals surface area (Å²) in [7, 11) is 0. The van der Waals surface area contributed by atoms with Gasteiger partial charge in [-0.05, 0) is 48.9 Å². The first-order valence-electron chi connectivity index (χ1n) is 10.6. The normalized spacial score (nSPS) is 19.8. The fourth-order valence-corrected chi connectivity index (χ4v) is 4.67. The molecule has 2 aromatic rings. The van der Waals surface area contributed by atoms with Crippen molar-refractivity contribution in [3.05, 3.63) is 70.7 Å². The Balaban J connectivity index is 1.58. The Kier molecular flexibility index (Phi) is 6.53. The number of amides is 1. The van der Waals surface area contributed by atoms with Crippen molar-refractivity contribution in [3.63, 3.8) is 0 Å². The standard InChI is InChI=1S/C24H29ClN2O2/c25-21-10-8-20(9-11-21)24(12-16-29-17-13-24)18-26-22(19-6-2-1-3-7-19)23(28)27-14-4-5-15-27/h1-3,6-11,22,26H,4-5,12-18H2. The van der Waals surface area contributed by atoms with Crippen LogP contribution in [0.5, 0.6) is 0 Å². The molecule has 2 aromatic carbocycles. The Morgan fingerprint density at radius 2 is 1.69 bits per heavy atom. The van der Waals surface area contributed by atoms with Gasteiger partial charge in [0.25, 0.3) is 0 Å². The predicted octanol–water partition coefficient (Wildman–Crippen LogP) is 4.34. The lowest BCUT2D eigenvalue weighted by atomic mass is 9.74.